The molecule has 3 fully saturated rings. The molecule has 29 heavy (non-hydrogen) atoms. The minimum Gasteiger partial charge on any atom is -0.460 e. The van der Waals surface area contributed by atoms with Crippen molar-refractivity contribution in [1.82, 2.24) is 0 Å². The lowest BCUT2D eigenvalue weighted by Crippen LogP contribution is -2.44. The Labute approximate surface area is 176 Å². The van der Waals surface area contributed by atoms with Crippen molar-refractivity contribution in [2.45, 2.75) is 96.4 Å². The molecule has 0 N–H and O–H groups in total. The van der Waals surface area contributed by atoms with Crippen molar-refractivity contribution < 1.29 is 14.3 Å². The van der Waals surface area contributed by atoms with Crippen LogP contribution in [0.5, 0.6) is 0 Å². The van der Waals surface area contributed by atoms with Gasteiger partial charge in [0.1, 0.15) is 11.7 Å². The lowest BCUT2D eigenvalue weighted by atomic mass is 9.64. The number of carbonyl (C=O) groups excluding carboxylic acids is 1. The van der Waals surface area contributed by atoms with E-state index in [1.165, 1.54) is 18.4 Å². The Balaban J connectivity index is 1.48. The fraction of sp³-hybridized carbons (Fsp3) is 0.731. The first-order valence-corrected chi connectivity index (χ1v) is 11.6. The van der Waals surface area contributed by atoms with Crippen LogP contribution in [-0.2, 0) is 19.7 Å². The predicted octanol–water partition coefficient (Wildman–Crippen LogP) is 5.91. The first kappa shape index (κ1) is 20.9. The third kappa shape index (κ3) is 4.13. The first-order valence-electron chi connectivity index (χ1n) is 11.6. The summed E-state index contributed by atoms with van der Waals surface area (Å²) in [6.07, 6.45) is 6.12. The molecule has 1 aliphatic heterocycles. The zero-order valence-electron chi connectivity index (χ0n) is 18.8. The average Bonchev–Trinajstić information content (AvgIpc) is 3.33. The number of hydrogen-bond donors (Lipinski definition) is 0. The summed E-state index contributed by atoms with van der Waals surface area (Å²) < 4.78 is 12.3. The molecule has 1 spiro atoms. The van der Waals surface area contributed by atoms with E-state index in [1.54, 1.807) is 0 Å². The highest BCUT2D eigenvalue weighted by molar-refractivity contribution is 5.79. The van der Waals surface area contributed by atoms with Crippen LogP contribution < -0.4 is 0 Å². The molecule has 1 aromatic rings. The smallest absolute Gasteiger partial charge is 0.338 e. The van der Waals surface area contributed by atoms with Crippen LogP contribution in [-0.4, -0.2) is 23.8 Å². The Morgan fingerprint density at radius 3 is 2.31 bits per heavy atom. The number of esters is 1. The van der Waals surface area contributed by atoms with E-state index in [0.29, 0.717) is 23.7 Å². The summed E-state index contributed by atoms with van der Waals surface area (Å²) in [6.45, 7) is 11.5. The van der Waals surface area contributed by atoms with Gasteiger partial charge in [-0.15, -0.1) is 0 Å². The molecule has 1 unspecified atom stereocenters. The van der Waals surface area contributed by atoms with E-state index in [9.17, 15) is 4.79 Å². The predicted molar refractivity (Wildman–Crippen MR) is 116 cm³/mol. The molecule has 1 aromatic carbocycles. The van der Waals surface area contributed by atoms with Crippen LogP contribution >= 0.6 is 0 Å². The van der Waals surface area contributed by atoms with Gasteiger partial charge in [-0.2, -0.15) is 0 Å². The Morgan fingerprint density at radius 2 is 1.66 bits per heavy atom. The van der Waals surface area contributed by atoms with Crippen molar-refractivity contribution in [3.63, 3.8) is 0 Å². The van der Waals surface area contributed by atoms with E-state index in [2.05, 4.69) is 65.0 Å². The molecule has 1 saturated heterocycles. The quantitative estimate of drug-likeness (QED) is 0.468. The first-order chi connectivity index (χ1) is 13.7. The van der Waals surface area contributed by atoms with Gasteiger partial charge in [0.15, 0.2) is 6.10 Å². The molecule has 3 aliphatic rings. The molecule has 3 heteroatoms. The lowest BCUT2D eigenvalue weighted by molar-refractivity contribution is -0.158. The molecular formula is C26H38O3. The van der Waals surface area contributed by atoms with Crippen LogP contribution in [0.1, 0.15) is 78.7 Å². The summed E-state index contributed by atoms with van der Waals surface area (Å²) in [7, 11) is 0. The van der Waals surface area contributed by atoms with Crippen LogP contribution in [0.4, 0.5) is 0 Å². The maximum atomic E-state index is 13.1. The third-order valence-electron chi connectivity index (χ3n) is 7.95. The SMILES string of the molecule is C[C@@H]1CC[C@@H](C(C)(C)c2ccccc2)[C@H](OC(=O)[C@H]2OC23C[C@H](C)C[C@H](C)C3)C1. The minimum atomic E-state index is -0.342. The highest BCUT2D eigenvalue weighted by Crippen LogP contribution is 2.52. The zero-order chi connectivity index (χ0) is 20.8. The van der Waals surface area contributed by atoms with Crippen molar-refractivity contribution in [2.24, 2.45) is 23.7 Å². The van der Waals surface area contributed by atoms with E-state index < -0.39 is 0 Å². The topological polar surface area (TPSA) is 38.8 Å². The lowest BCUT2D eigenvalue weighted by Gasteiger charge is -2.44. The van der Waals surface area contributed by atoms with Gasteiger partial charge in [0.05, 0.1) is 0 Å². The highest BCUT2D eigenvalue weighted by atomic mass is 16.7. The van der Waals surface area contributed by atoms with E-state index >= 15 is 0 Å². The van der Waals surface area contributed by atoms with Gasteiger partial charge in [-0.05, 0) is 60.8 Å². The molecule has 0 bridgehead atoms. The molecular weight excluding hydrogens is 360 g/mol. The maximum Gasteiger partial charge on any atom is 0.338 e. The molecule has 4 rings (SSSR count). The number of carbonyl (C=O) groups is 1. The number of epoxide rings is 1. The van der Waals surface area contributed by atoms with E-state index in [0.717, 1.165) is 25.7 Å². The van der Waals surface area contributed by atoms with E-state index in [4.69, 9.17) is 9.47 Å². The molecule has 3 nitrogen and oxygen atoms in total. The number of rotatable bonds is 4. The second-order valence-corrected chi connectivity index (χ2v) is 11.0. The fourth-order valence-corrected chi connectivity index (χ4v) is 6.47. The van der Waals surface area contributed by atoms with Crippen molar-refractivity contribution in [2.75, 3.05) is 0 Å². The molecule has 2 aliphatic carbocycles. The molecule has 0 aromatic heterocycles. The second-order valence-electron chi connectivity index (χ2n) is 11.0. The Hall–Kier alpha value is -1.35. The normalized spacial score (nSPS) is 39.9. The largest absolute Gasteiger partial charge is 0.460 e. The average molecular weight is 399 g/mol. The van der Waals surface area contributed by atoms with Gasteiger partial charge in [-0.1, -0.05) is 71.4 Å². The van der Waals surface area contributed by atoms with E-state index in [1.807, 2.05) is 0 Å². The Kier molecular flexibility index (Phi) is 5.57. The molecule has 0 amide bonds. The van der Waals surface area contributed by atoms with Crippen molar-refractivity contribution >= 4 is 5.97 Å². The number of ether oxygens (including phenoxy) is 2. The molecule has 1 heterocycles. The van der Waals surface area contributed by atoms with Gasteiger partial charge < -0.3 is 9.47 Å². The zero-order valence-corrected chi connectivity index (χ0v) is 18.8. The molecule has 2 saturated carbocycles. The third-order valence-corrected chi connectivity index (χ3v) is 7.95. The summed E-state index contributed by atoms with van der Waals surface area (Å²) in [5.41, 5.74) is 1.07. The summed E-state index contributed by atoms with van der Waals surface area (Å²) in [5.74, 6) is 2.06. The van der Waals surface area contributed by atoms with Gasteiger partial charge in [0, 0.05) is 5.92 Å². The van der Waals surface area contributed by atoms with Crippen molar-refractivity contribution in [1.29, 1.82) is 0 Å². The van der Waals surface area contributed by atoms with E-state index in [-0.39, 0.29) is 29.2 Å². The van der Waals surface area contributed by atoms with Gasteiger partial charge in [0.2, 0.25) is 0 Å². The van der Waals surface area contributed by atoms with Crippen LogP contribution in [0.3, 0.4) is 0 Å². The highest BCUT2D eigenvalue weighted by Gasteiger charge is 2.63. The number of hydrogen-bond acceptors (Lipinski definition) is 3. The fourth-order valence-electron chi connectivity index (χ4n) is 6.47. The minimum absolute atomic E-state index is 0.0255. The van der Waals surface area contributed by atoms with Crippen LogP contribution in [0, 0.1) is 23.7 Å². The van der Waals surface area contributed by atoms with Gasteiger partial charge >= 0.3 is 5.97 Å². The maximum absolute atomic E-state index is 13.1. The van der Waals surface area contributed by atoms with Gasteiger partial charge in [-0.3, -0.25) is 0 Å². The summed E-state index contributed by atoms with van der Waals surface area (Å²) >= 11 is 0. The van der Waals surface area contributed by atoms with Crippen molar-refractivity contribution in [3.8, 4) is 0 Å². The van der Waals surface area contributed by atoms with Crippen LogP contribution in [0.15, 0.2) is 30.3 Å². The molecule has 0 radical (unpaired) electrons. The van der Waals surface area contributed by atoms with Gasteiger partial charge in [0.25, 0.3) is 0 Å². The Morgan fingerprint density at radius 1 is 1.00 bits per heavy atom. The van der Waals surface area contributed by atoms with Gasteiger partial charge in [-0.25, -0.2) is 4.79 Å². The molecule has 7 atom stereocenters. The summed E-state index contributed by atoms with van der Waals surface area (Å²) in [6, 6.07) is 10.7. The number of benzene rings is 1. The van der Waals surface area contributed by atoms with Crippen LogP contribution in [0.2, 0.25) is 0 Å². The van der Waals surface area contributed by atoms with Crippen LogP contribution in [0.25, 0.3) is 0 Å². The standard InChI is InChI=1S/C26H38O3/c1-17-11-12-21(25(4,5)20-9-7-6-8-10-20)22(14-17)28-24(27)23-26(29-23)15-18(2)13-19(3)16-26/h6-10,17-19,21-23H,11-16H2,1-5H3/t17-,18-,19+,21-,22-,23-,26?/m1/s1. The van der Waals surface area contributed by atoms with Crippen molar-refractivity contribution in [3.05, 3.63) is 35.9 Å². The second kappa shape index (κ2) is 7.72. The summed E-state index contributed by atoms with van der Waals surface area (Å²) in [4.78, 5) is 13.1. The summed E-state index contributed by atoms with van der Waals surface area (Å²) in [5, 5.41) is 0. The molecule has 160 valence electrons. The Bertz CT molecular complexity index is 715. The monoisotopic (exact) mass is 398 g/mol.